The van der Waals surface area contributed by atoms with Crippen LogP contribution in [0.3, 0.4) is 0 Å². The molecule has 1 heterocycles. The van der Waals surface area contributed by atoms with Crippen LogP contribution in [0.1, 0.15) is 32.6 Å². The van der Waals surface area contributed by atoms with Gasteiger partial charge in [0.15, 0.2) is 12.2 Å². The zero-order valence-electron chi connectivity index (χ0n) is 11.3. The van der Waals surface area contributed by atoms with Gasteiger partial charge in [-0.3, -0.25) is 0 Å². The standard InChI is InChI=1S/C16H20N2O/c1-12(13-5-2-3-6-13)18-15-8-4-7-14(9-15)16-10-17-11-19-16/h4,7-13,18H,2-3,5-6H2,1H3. The van der Waals surface area contributed by atoms with E-state index in [9.17, 15) is 0 Å². The largest absolute Gasteiger partial charge is 0.444 e. The van der Waals surface area contributed by atoms with Gasteiger partial charge in [0.05, 0.1) is 6.20 Å². The molecule has 0 amide bonds. The molecule has 1 aromatic carbocycles. The summed E-state index contributed by atoms with van der Waals surface area (Å²) in [6.45, 7) is 2.29. The summed E-state index contributed by atoms with van der Waals surface area (Å²) in [6.07, 6.45) is 8.70. The summed E-state index contributed by atoms with van der Waals surface area (Å²) in [5.74, 6) is 1.63. The van der Waals surface area contributed by atoms with Gasteiger partial charge in [0, 0.05) is 17.3 Å². The maximum absolute atomic E-state index is 5.34. The topological polar surface area (TPSA) is 38.1 Å². The van der Waals surface area contributed by atoms with Crippen molar-refractivity contribution in [1.82, 2.24) is 4.98 Å². The molecule has 1 aliphatic rings. The van der Waals surface area contributed by atoms with Gasteiger partial charge in [-0.15, -0.1) is 0 Å². The van der Waals surface area contributed by atoms with Gasteiger partial charge < -0.3 is 9.73 Å². The number of nitrogens with one attached hydrogen (secondary N) is 1. The van der Waals surface area contributed by atoms with Gasteiger partial charge in [0.2, 0.25) is 0 Å². The first-order valence-corrected chi connectivity index (χ1v) is 7.08. The van der Waals surface area contributed by atoms with E-state index >= 15 is 0 Å². The minimum atomic E-state index is 0.535. The number of rotatable bonds is 4. The Labute approximate surface area is 114 Å². The molecule has 2 aromatic rings. The molecule has 0 radical (unpaired) electrons. The zero-order chi connectivity index (χ0) is 13.1. The number of anilines is 1. The van der Waals surface area contributed by atoms with Crippen molar-refractivity contribution >= 4 is 5.69 Å². The molecule has 1 aliphatic carbocycles. The monoisotopic (exact) mass is 256 g/mol. The second-order valence-corrected chi connectivity index (χ2v) is 5.42. The molecule has 3 heteroatoms. The van der Waals surface area contributed by atoms with Crippen LogP contribution in [0, 0.1) is 5.92 Å². The molecule has 1 unspecified atom stereocenters. The third kappa shape index (κ3) is 2.80. The molecular formula is C16H20N2O. The third-order valence-corrected chi connectivity index (χ3v) is 4.08. The predicted octanol–water partition coefficient (Wildman–Crippen LogP) is 4.33. The zero-order valence-corrected chi connectivity index (χ0v) is 11.3. The van der Waals surface area contributed by atoms with Crippen molar-refractivity contribution in [3.8, 4) is 11.3 Å². The average molecular weight is 256 g/mol. The lowest BCUT2D eigenvalue weighted by molar-refractivity contribution is 0.482. The summed E-state index contributed by atoms with van der Waals surface area (Å²) in [5.41, 5.74) is 2.23. The van der Waals surface area contributed by atoms with E-state index < -0.39 is 0 Å². The Balaban J connectivity index is 1.72. The normalized spacial score (nSPS) is 17.5. The smallest absolute Gasteiger partial charge is 0.181 e. The minimum absolute atomic E-state index is 0.535. The molecule has 0 bridgehead atoms. The van der Waals surface area contributed by atoms with Crippen molar-refractivity contribution in [3.63, 3.8) is 0 Å². The molecule has 0 spiro atoms. The Kier molecular flexibility index (Phi) is 3.53. The van der Waals surface area contributed by atoms with Crippen LogP contribution in [-0.2, 0) is 0 Å². The third-order valence-electron chi connectivity index (χ3n) is 4.08. The van der Waals surface area contributed by atoms with Gasteiger partial charge in [0.25, 0.3) is 0 Å². The molecule has 1 saturated carbocycles. The van der Waals surface area contributed by atoms with Gasteiger partial charge in [0.1, 0.15) is 0 Å². The van der Waals surface area contributed by atoms with Crippen LogP contribution in [0.2, 0.25) is 0 Å². The Hall–Kier alpha value is -1.77. The quantitative estimate of drug-likeness (QED) is 0.884. The van der Waals surface area contributed by atoms with E-state index in [0.717, 1.165) is 22.9 Å². The molecule has 1 N–H and O–H groups in total. The van der Waals surface area contributed by atoms with E-state index in [2.05, 4.69) is 35.4 Å². The lowest BCUT2D eigenvalue weighted by Crippen LogP contribution is -2.23. The second kappa shape index (κ2) is 5.47. The van der Waals surface area contributed by atoms with E-state index in [1.165, 1.54) is 32.1 Å². The van der Waals surface area contributed by atoms with Crippen LogP contribution in [0.4, 0.5) is 5.69 Å². The van der Waals surface area contributed by atoms with Crippen molar-refractivity contribution in [1.29, 1.82) is 0 Å². The van der Waals surface area contributed by atoms with Crippen molar-refractivity contribution in [2.24, 2.45) is 5.92 Å². The van der Waals surface area contributed by atoms with Gasteiger partial charge >= 0.3 is 0 Å². The summed E-state index contributed by atoms with van der Waals surface area (Å²) in [5, 5.41) is 3.62. The number of hydrogen-bond acceptors (Lipinski definition) is 3. The highest BCUT2D eigenvalue weighted by molar-refractivity contribution is 5.63. The lowest BCUT2D eigenvalue weighted by atomic mass is 9.99. The molecule has 0 saturated heterocycles. The Morgan fingerprint density at radius 3 is 2.89 bits per heavy atom. The summed E-state index contributed by atoms with van der Waals surface area (Å²) >= 11 is 0. The number of aromatic nitrogens is 1. The fourth-order valence-electron chi connectivity index (χ4n) is 2.96. The average Bonchev–Trinajstić information content (AvgIpc) is 3.13. The predicted molar refractivity (Wildman–Crippen MR) is 77.0 cm³/mol. The minimum Gasteiger partial charge on any atom is -0.444 e. The van der Waals surface area contributed by atoms with E-state index in [0.29, 0.717) is 6.04 Å². The Morgan fingerprint density at radius 1 is 1.32 bits per heavy atom. The van der Waals surface area contributed by atoms with E-state index in [-0.39, 0.29) is 0 Å². The molecule has 1 aromatic heterocycles. The van der Waals surface area contributed by atoms with E-state index in [4.69, 9.17) is 4.42 Å². The molecule has 3 rings (SSSR count). The van der Waals surface area contributed by atoms with E-state index in [1.54, 1.807) is 6.20 Å². The molecular weight excluding hydrogens is 236 g/mol. The van der Waals surface area contributed by atoms with Crippen LogP contribution in [0.25, 0.3) is 11.3 Å². The van der Waals surface area contributed by atoms with Crippen LogP contribution in [0.5, 0.6) is 0 Å². The van der Waals surface area contributed by atoms with Crippen LogP contribution in [-0.4, -0.2) is 11.0 Å². The van der Waals surface area contributed by atoms with Gasteiger partial charge in [-0.25, -0.2) is 4.98 Å². The first kappa shape index (κ1) is 12.3. The number of oxazole rings is 1. The van der Waals surface area contributed by atoms with Crippen LogP contribution in [0.15, 0.2) is 41.3 Å². The molecule has 19 heavy (non-hydrogen) atoms. The van der Waals surface area contributed by atoms with Crippen molar-refractivity contribution < 1.29 is 4.42 Å². The highest BCUT2D eigenvalue weighted by Crippen LogP contribution is 2.30. The number of hydrogen-bond donors (Lipinski definition) is 1. The first-order valence-electron chi connectivity index (χ1n) is 7.08. The molecule has 1 fully saturated rings. The molecule has 100 valence electrons. The fourth-order valence-corrected chi connectivity index (χ4v) is 2.96. The van der Waals surface area contributed by atoms with Crippen molar-refractivity contribution in [2.45, 2.75) is 38.6 Å². The summed E-state index contributed by atoms with van der Waals surface area (Å²) in [6, 6.07) is 8.89. The Morgan fingerprint density at radius 2 is 2.16 bits per heavy atom. The number of nitrogens with zero attached hydrogens (tertiary/aromatic N) is 1. The van der Waals surface area contributed by atoms with Gasteiger partial charge in [-0.05, 0) is 37.8 Å². The number of benzene rings is 1. The lowest BCUT2D eigenvalue weighted by Gasteiger charge is -2.21. The summed E-state index contributed by atoms with van der Waals surface area (Å²) in [7, 11) is 0. The van der Waals surface area contributed by atoms with Crippen LogP contribution >= 0.6 is 0 Å². The van der Waals surface area contributed by atoms with Gasteiger partial charge in [-0.2, -0.15) is 0 Å². The SMILES string of the molecule is CC(Nc1cccc(-c2cnco2)c1)C1CCCC1. The second-order valence-electron chi connectivity index (χ2n) is 5.42. The van der Waals surface area contributed by atoms with Crippen molar-refractivity contribution in [3.05, 3.63) is 36.9 Å². The first-order chi connectivity index (χ1) is 9.33. The molecule has 1 atom stereocenters. The summed E-state index contributed by atoms with van der Waals surface area (Å²) < 4.78 is 5.34. The maximum Gasteiger partial charge on any atom is 0.181 e. The van der Waals surface area contributed by atoms with Crippen LogP contribution < -0.4 is 5.32 Å². The van der Waals surface area contributed by atoms with Crippen molar-refractivity contribution in [2.75, 3.05) is 5.32 Å². The Bertz CT molecular complexity index is 515. The molecule has 3 nitrogen and oxygen atoms in total. The van der Waals surface area contributed by atoms with Gasteiger partial charge in [-0.1, -0.05) is 25.0 Å². The van der Waals surface area contributed by atoms with E-state index in [1.807, 2.05) is 6.07 Å². The highest BCUT2D eigenvalue weighted by atomic mass is 16.3. The fraction of sp³-hybridized carbons (Fsp3) is 0.438. The highest BCUT2D eigenvalue weighted by Gasteiger charge is 2.21. The summed E-state index contributed by atoms with van der Waals surface area (Å²) in [4.78, 5) is 3.97. The maximum atomic E-state index is 5.34. The molecule has 0 aliphatic heterocycles.